The lowest BCUT2D eigenvalue weighted by molar-refractivity contribution is 0.174. The van der Waals surface area contributed by atoms with Gasteiger partial charge in [0.25, 0.3) is 0 Å². The highest BCUT2D eigenvalue weighted by Gasteiger charge is 2.24. The van der Waals surface area contributed by atoms with Gasteiger partial charge < -0.3 is 10.5 Å². The molecule has 2 rings (SSSR count). The molecule has 0 aliphatic carbocycles. The standard InChI is InChI=1S/C15H17Cl2NOS/c1-3-11(18)14(15-9(2)7-8-20-15)19-12-6-4-5-10(16)13(12)17/h4-8,11,14H,3,18H2,1-2H3. The molecule has 0 bridgehead atoms. The zero-order chi connectivity index (χ0) is 14.7. The minimum Gasteiger partial charge on any atom is -0.482 e. The first kappa shape index (κ1) is 15.6. The van der Waals surface area contributed by atoms with Crippen LogP contribution in [-0.2, 0) is 0 Å². The van der Waals surface area contributed by atoms with Gasteiger partial charge in [-0.1, -0.05) is 36.2 Å². The van der Waals surface area contributed by atoms with Crippen LogP contribution in [0.2, 0.25) is 10.0 Å². The molecule has 1 aromatic carbocycles. The summed E-state index contributed by atoms with van der Waals surface area (Å²) in [6.45, 7) is 4.10. The number of ether oxygens (including phenoxy) is 1. The average Bonchev–Trinajstić information content (AvgIpc) is 2.86. The molecule has 0 amide bonds. The minimum absolute atomic E-state index is 0.0950. The number of thiophene rings is 1. The van der Waals surface area contributed by atoms with Gasteiger partial charge in [0.15, 0.2) is 0 Å². The van der Waals surface area contributed by atoms with Crippen molar-refractivity contribution in [3.8, 4) is 5.75 Å². The topological polar surface area (TPSA) is 35.2 Å². The average molecular weight is 330 g/mol. The molecule has 108 valence electrons. The summed E-state index contributed by atoms with van der Waals surface area (Å²) in [7, 11) is 0. The number of nitrogens with two attached hydrogens (primary N) is 1. The van der Waals surface area contributed by atoms with Gasteiger partial charge in [-0.25, -0.2) is 0 Å². The van der Waals surface area contributed by atoms with E-state index in [2.05, 4.69) is 13.0 Å². The molecule has 0 radical (unpaired) electrons. The molecule has 20 heavy (non-hydrogen) atoms. The third-order valence-electron chi connectivity index (χ3n) is 3.19. The van der Waals surface area contributed by atoms with Gasteiger partial charge in [-0.05, 0) is 42.5 Å². The van der Waals surface area contributed by atoms with Crippen LogP contribution in [0.1, 0.15) is 29.9 Å². The van der Waals surface area contributed by atoms with E-state index in [1.54, 1.807) is 17.4 Å². The Morgan fingerprint density at radius 2 is 2.05 bits per heavy atom. The number of rotatable bonds is 5. The molecule has 2 unspecified atom stereocenters. The molecular weight excluding hydrogens is 313 g/mol. The van der Waals surface area contributed by atoms with Crippen LogP contribution >= 0.6 is 34.5 Å². The van der Waals surface area contributed by atoms with Crippen molar-refractivity contribution >= 4 is 34.5 Å². The highest BCUT2D eigenvalue weighted by molar-refractivity contribution is 7.10. The fraction of sp³-hybridized carbons (Fsp3) is 0.333. The van der Waals surface area contributed by atoms with Gasteiger partial charge in [0.05, 0.1) is 5.02 Å². The first-order chi connectivity index (χ1) is 9.54. The molecule has 2 N–H and O–H groups in total. The Morgan fingerprint density at radius 1 is 1.30 bits per heavy atom. The van der Waals surface area contributed by atoms with E-state index in [1.807, 2.05) is 24.4 Å². The lowest BCUT2D eigenvalue weighted by atomic mass is 10.1. The second-order valence-corrected chi connectivity index (χ2v) is 6.36. The molecule has 0 saturated heterocycles. The third-order valence-corrected chi connectivity index (χ3v) is 5.07. The van der Waals surface area contributed by atoms with Crippen LogP contribution in [0.15, 0.2) is 29.6 Å². The fourth-order valence-corrected chi connectivity index (χ4v) is 3.30. The Balaban J connectivity index is 2.34. The van der Waals surface area contributed by atoms with Gasteiger partial charge in [-0.15, -0.1) is 11.3 Å². The molecule has 2 nitrogen and oxygen atoms in total. The van der Waals surface area contributed by atoms with Crippen LogP contribution in [0.25, 0.3) is 0 Å². The normalized spacial score (nSPS) is 14.1. The van der Waals surface area contributed by atoms with E-state index in [0.717, 1.165) is 11.3 Å². The summed E-state index contributed by atoms with van der Waals surface area (Å²) >= 11 is 13.9. The highest BCUT2D eigenvalue weighted by Crippen LogP contribution is 2.37. The Bertz CT molecular complexity index is 585. The van der Waals surface area contributed by atoms with E-state index in [0.29, 0.717) is 15.8 Å². The zero-order valence-electron chi connectivity index (χ0n) is 11.4. The van der Waals surface area contributed by atoms with Crippen molar-refractivity contribution in [3.05, 3.63) is 50.1 Å². The minimum atomic E-state index is -0.212. The Labute approximate surface area is 133 Å². The summed E-state index contributed by atoms with van der Waals surface area (Å²) in [6, 6.07) is 7.34. The molecule has 2 atom stereocenters. The Morgan fingerprint density at radius 3 is 2.65 bits per heavy atom. The highest BCUT2D eigenvalue weighted by atomic mass is 35.5. The molecule has 0 fully saturated rings. The summed E-state index contributed by atoms with van der Waals surface area (Å²) in [6.07, 6.45) is 0.608. The molecule has 0 aliphatic heterocycles. The molecule has 2 aromatic rings. The maximum Gasteiger partial charge on any atom is 0.148 e. The maximum atomic E-state index is 6.22. The van der Waals surface area contributed by atoms with E-state index in [9.17, 15) is 0 Å². The second-order valence-electron chi connectivity index (χ2n) is 4.63. The number of hydrogen-bond donors (Lipinski definition) is 1. The fourth-order valence-electron chi connectivity index (χ4n) is 1.94. The predicted octanol–water partition coefficient (Wildman–Crippen LogP) is 5.22. The van der Waals surface area contributed by atoms with Gasteiger partial charge in [-0.3, -0.25) is 0 Å². The summed E-state index contributed by atoms with van der Waals surface area (Å²) < 4.78 is 6.07. The molecule has 5 heteroatoms. The van der Waals surface area contributed by atoms with Gasteiger partial charge in [0.1, 0.15) is 16.9 Å². The number of hydrogen-bond acceptors (Lipinski definition) is 3. The van der Waals surface area contributed by atoms with Gasteiger partial charge in [-0.2, -0.15) is 0 Å². The smallest absolute Gasteiger partial charge is 0.148 e. The van der Waals surface area contributed by atoms with Crippen LogP contribution in [0.3, 0.4) is 0 Å². The zero-order valence-corrected chi connectivity index (χ0v) is 13.7. The Hall–Kier alpha value is -0.740. The summed E-state index contributed by atoms with van der Waals surface area (Å²) in [5, 5.41) is 2.95. The van der Waals surface area contributed by atoms with Crippen LogP contribution < -0.4 is 10.5 Å². The number of halogens is 2. The SMILES string of the molecule is CCC(N)C(Oc1cccc(Cl)c1Cl)c1sccc1C. The molecule has 0 saturated carbocycles. The van der Waals surface area contributed by atoms with Crippen molar-refractivity contribution in [3.63, 3.8) is 0 Å². The largest absolute Gasteiger partial charge is 0.482 e. The molecular formula is C15H17Cl2NOS. The van der Waals surface area contributed by atoms with Crippen molar-refractivity contribution < 1.29 is 4.74 Å². The van der Waals surface area contributed by atoms with E-state index in [4.69, 9.17) is 33.7 Å². The number of aryl methyl sites for hydroxylation is 1. The van der Waals surface area contributed by atoms with E-state index in [-0.39, 0.29) is 12.1 Å². The first-order valence-corrected chi connectivity index (χ1v) is 8.08. The van der Waals surface area contributed by atoms with Gasteiger partial charge in [0, 0.05) is 10.9 Å². The second kappa shape index (κ2) is 6.81. The van der Waals surface area contributed by atoms with Crippen molar-refractivity contribution in [2.24, 2.45) is 5.73 Å². The summed E-state index contributed by atoms with van der Waals surface area (Å²) in [5.41, 5.74) is 7.40. The van der Waals surface area contributed by atoms with Gasteiger partial charge >= 0.3 is 0 Å². The lowest BCUT2D eigenvalue weighted by Gasteiger charge is -2.25. The molecule has 0 spiro atoms. The van der Waals surface area contributed by atoms with Crippen LogP contribution in [0, 0.1) is 6.92 Å². The molecule has 0 aliphatic rings. The first-order valence-electron chi connectivity index (χ1n) is 6.44. The van der Waals surface area contributed by atoms with Crippen molar-refractivity contribution in [1.82, 2.24) is 0 Å². The van der Waals surface area contributed by atoms with Crippen molar-refractivity contribution in [2.45, 2.75) is 32.4 Å². The molecule has 1 heterocycles. The van der Waals surface area contributed by atoms with Crippen LogP contribution in [-0.4, -0.2) is 6.04 Å². The monoisotopic (exact) mass is 329 g/mol. The summed E-state index contributed by atoms with van der Waals surface area (Å²) in [4.78, 5) is 1.13. The lowest BCUT2D eigenvalue weighted by Crippen LogP contribution is -2.31. The predicted molar refractivity (Wildman–Crippen MR) is 87.2 cm³/mol. The maximum absolute atomic E-state index is 6.22. The van der Waals surface area contributed by atoms with Crippen molar-refractivity contribution in [2.75, 3.05) is 0 Å². The van der Waals surface area contributed by atoms with Gasteiger partial charge in [0.2, 0.25) is 0 Å². The van der Waals surface area contributed by atoms with Crippen LogP contribution in [0.5, 0.6) is 5.75 Å². The van der Waals surface area contributed by atoms with Crippen molar-refractivity contribution in [1.29, 1.82) is 0 Å². The van der Waals surface area contributed by atoms with E-state index in [1.165, 1.54) is 5.56 Å². The third kappa shape index (κ3) is 3.29. The summed E-state index contributed by atoms with van der Waals surface area (Å²) in [5.74, 6) is 0.570. The number of benzene rings is 1. The Kier molecular flexibility index (Phi) is 5.33. The van der Waals surface area contributed by atoms with E-state index < -0.39 is 0 Å². The molecule has 1 aromatic heterocycles. The quantitative estimate of drug-likeness (QED) is 0.815. The van der Waals surface area contributed by atoms with Crippen LogP contribution in [0.4, 0.5) is 0 Å². The van der Waals surface area contributed by atoms with E-state index >= 15 is 0 Å².